The van der Waals surface area contributed by atoms with Gasteiger partial charge in [-0.2, -0.15) is 0 Å². The standard InChI is InChI=1S/C17H29N3O/c1-17(2,3)18-10-15-6-5-7-16(19-15)12-20-9-8-14(11-20)13-21-4/h5-7,14,18H,8-13H2,1-4H3. The molecule has 118 valence electrons. The smallest absolute Gasteiger partial charge is 0.0547 e. The molecule has 0 aliphatic carbocycles. The molecule has 1 N–H and O–H groups in total. The second kappa shape index (κ2) is 7.34. The summed E-state index contributed by atoms with van der Waals surface area (Å²) in [5.74, 6) is 0.681. The first kappa shape index (κ1) is 16.4. The molecule has 1 unspecified atom stereocenters. The quantitative estimate of drug-likeness (QED) is 0.873. The highest BCUT2D eigenvalue weighted by Crippen LogP contribution is 2.18. The van der Waals surface area contributed by atoms with Crippen LogP contribution < -0.4 is 5.32 Å². The monoisotopic (exact) mass is 291 g/mol. The highest BCUT2D eigenvalue weighted by Gasteiger charge is 2.22. The number of likely N-dealkylation sites (tertiary alicyclic amines) is 1. The fraction of sp³-hybridized carbons (Fsp3) is 0.706. The Balaban J connectivity index is 1.86. The van der Waals surface area contributed by atoms with Gasteiger partial charge in [0.2, 0.25) is 0 Å². The molecule has 0 saturated carbocycles. The summed E-state index contributed by atoms with van der Waals surface area (Å²) in [6.07, 6.45) is 1.24. The fourth-order valence-electron chi connectivity index (χ4n) is 2.73. The summed E-state index contributed by atoms with van der Waals surface area (Å²) in [6, 6.07) is 6.34. The Bertz CT molecular complexity index is 442. The highest BCUT2D eigenvalue weighted by molar-refractivity contribution is 5.11. The van der Waals surface area contributed by atoms with E-state index in [4.69, 9.17) is 9.72 Å². The van der Waals surface area contributed by atoms with E-state index in [0.29, 0.717) is 5.92 Å². The van der Waals surface area contributed by atoms with Crippen molar-refractivity contribution in [1.82, 2.24) is 15.2 Å². The summed E-state index contributed by atoms with van der Waals surface area (Å²) in [6.45, 7) is 11.5. The van der Waals surface area contributed by atoms with E-state index in [1.54, 1.807) is 7.11 Å². The first-order valence-electron chi connectivity index (χ1n) is 7.87. The fourth-order valence-corrected chi connectivity index (χ4v) is 2.73. The van der Waals surface area contributed by atoms with Gasteiger partial charge in [-0.15, -0.1) is 0 Å². The molecule has 4 heteroatoms. The van der Waals surface area contributed by atoms with Gasteiger partial charge in [-0.25, -0.2) is 0 Å². The van der Waals surface area contributed by atoms with Crippen LogP contribution in [0.2, 0.25) is 0 Å². The average molecular weight is 291 g/mol. The summed E-state index contributed by atoms with van der Waals surface area (Å²) in [5, 5.41) is 3.49. The lowest BCUT2D eigenvalue weighted by atomic mass is 10.1. The Kier molecular flexibility index (Phi) is 5.73. The topological polar surface area (TPSA) is 37.4 Å². The first-order valence-corrected chi connectivity index (χ1v) is 7.87. The normalized spacial score (nSPS) is 20.1. The van der Waals surface area contributed by atoms with Crippen LogP contribution in [0.25, 0.3) is 0 Å². The Morgan fingerprint density at radius 2 is 2.10 bits per heavy atom. The SMILES string of the molecule is COCC1CCN(Cc2cccc(CNC(C)(C)C)n2)C1. The number of nitrogens with zero attached hydrogens (tertiary/aromatic N) is 2. The minimum absolute atomic E-state index is 0.125. The van der Waals surface area contributed by atoms with E-state index in [0.717, 1.165) is 38.5 Å². The van der Waals surface area contributed by atoms with Crippen LogP contribution >= 0.6 is 0 Å². The van der Waals surface area contributed by atoms with Gasteiger partial charge in [-0.3, -0.25) is 9.88 Å². The highest BCUT2D eigenvalue weighted by atomic mass is 16.5. The second-order valence-corrected chi connectivity index (χ2v) is 7.07. The lowest BCUT2D eigenvalue weighted by Crippen LogP contribution is -2.35. The van der Waals surface area contributed by atoms with Gasteiger partial charge in [0.05, 0.1) is 18.0 Å². The Labute approximate surface area is 128 Å². The molecule has 1 fully saturated rings. The molecule has 1 saturated heterocycles. The molecule has 1 aromatic rings. The molecule has 0 radical (unpaired) electrons. The average Bonchev–Trinajstić information content (AvgIpc) is 2.84. The molecule has 0 spiro atoms. The maximum Gasteiger partial charge on any atom is 0.0547 e. The first-order chi connectivity index (χ1) is 9.96. The number of hydrogen-bond donors (Lipinski definition) is 1. The molecular weight excluding hydrogens is 262 g/mol. The van der Waals surface area contributed by atoms with Crippen molar-refractivity contribution in [1.29, 1.82) is 0 Å². The number of ether oxygens (including phenoxy) is 1. The van der Waals surface area contributed by atoms with Crippen LogP contribution in [0.4, 0.5) is 0 Å². The molecular formula is C17H29N3O. The van der Waals surface area contributed by atoms with E-state index in [1.165, 1.54) is 12.1 Å². The minimum Gasteiger partial charge on any atom is -0.384 e. The summed E-state index contributed by atoms with van der Waals surface area (Å²) >= 11 is 0. The second-order valence-electron chi connectivity index (χ2n) is 7.07. The lowest BCUT2D eigenvalue weighted by Gasteiger charge is -2.20. The predicted octanol–water partition coefficient (Wildman–Crippen LogP) is 2.44. The maximum atomic E-state index is 5.26. The number of nitrogens with one attached hydrogen (secondary N) is 1. The zero-order valence-electron chi connectivity index (χ0n) is 13.9. The zero-order chi connectivity index (χ0) is 15.3. The number of rotatable bonds is 6. The van der Waals surface area contributed by atoms with Crippen molar-refractivity contribution in [3.8, 4) is 0 Å². The largest absolute Gasteiger partial charge is 0.384 e. The maximum absolute atomic E-state index is 5.26. The van der Waals surface area contributed by atoms with Gasteiger partial charge in [-0.05, 0) is 51.8 Å². The van der Waals surface area contributed by atoms with Crippen molar-refractivity contribution in [2.24, 2.45) is 5.92 Å². The van der Waals surface area contributed by atoms with Crippen LogP contribution in [0.5, 0.6) is 0 Å². The molecule has 0 amide bonds. The third kappa shape index (κ3) is 5.73. The molecule has 0 aromatic carbocycles. The molecule has 1 aromatic heterocycles. The zero-order valence-corrected chi connectivity index (χ0v) is 13.9. The van der Waals surface area contributed by atoms with Crippen molar-refractivity contribution >= 4 is 0 Å². The van der Waals surface area contributed by atoms with E-state index >= 15 is 0 Å². The number of hydrogen-bond acceptors (Lipinski definition) is 4. The molecule has 2 heterocycles. The van der Waals surface area contributed by atoms with Crippen LogP contribution in [0.1, 0.15) is 38.6 Å². The van der Waals surface area contributed by atoms with E-state index < -0.39 is 0 Å². The summed E-state index contributed by atoms with van der Waals surface area (Å²) in [5.41, 5.74) is 2.41. The molecule has 4 nitrogen and oxygen atoms in total. The summed E-state index contributed by atoms with van der Waals surface area (Å²) < 4.78 is 5.26. The van der Waals surface area contributed by atoms with Crippen molar-refractivity contribution in [3.63, 3.8) is 0 Å². The van der Waals surface area contributed by atoms with Crippen molar-refractivity contribution in [3.05, 3.63) is 29.6 Å². The van der Waals surface area contributed by atoms with Crippen molar-refractivity contribution in [2.75, 3.05) is 26.8 Å². The Hall–Kier alpha value is -0.970. The van der Waals surface area contributed by atoms with Gasteiger partial charge in [0.15, 0.2) is 0 Å². The van der Waals surface area contributed by atoms with Crippen molar-refractivity contribution in [2.45, 2.75) is 45.8 Å². The summed E-state index contributed by atoms with van der Waals surface area (Å²) in [7, 11) is 1.79. The lowest BCUT2D eigenvalue weighted by molar-refractivity contribution is 0.152. The van der Waals surface area contributed by atoms with Crippen LogP contribution in [-0.2, 0) is 17.8 Å². The van der Waals surface area contributed by atoms with Gasteiger partial charge in [0, 0.05) is 32.3 Å². The van der Waals surface area contributed by atoms with Crippen LogP contribution in [0, 0.1) is 5.92 Å². The summed E-state index contributed by atoms with van der Waals surface area (Å²) in [4.78, 5) is 7.25. The molecule has 1 aliphatic heterocycles. The van der Waals surface area contributed by atoms with Gasteiger partial charge < -0.3 is 10.1 Å². The molecule has 0 bridgehead atoms. The Morgan fingerprint density at radius 3 is 2.81 bits per heavy atom. The number of methoxy groups -OCH3 is 1. The predicted molar refractivity (Wildman–Crippen MR) is 86.1 cm³/mol. The van der Waals surface area contributed by atoms with E-state index in [2.05, 4.69) is 49.2 Å². The number of aromatic nitrogens is 1. The van der Waals surface area contributed by atoms with Gasteiger partial charge in [0.1, 0.15) is 0 Å². The third-order valence-corrected chi connectivity index (χ3v) is 3.82. The number of pyridine rings is 1. The molecule has 1 atom stereocenters. The molecule has 21 heavy (non-hydrogen) atoms. The third-order valence-electron chi connectivity index (χ3n) is 3.82. The van der Waals surface area contributed by atoms with Gasteiger partial charge >= 0.3 is 0 Å². The van der Waals surface area contributed by atoms with Crippen LogP contribution in [0.3, 0.4) is 0 Å². The molecule has 2 rings (SSSR count). The van der Waals surface area contributed by atoms with Crippen LogP contribution in [0.15, 0.2) is 18.2 Å². The molecule has 1 aliphatic rings. The van der Waals surface area contributed by atoms with Gasteiger partial charge in [-0.1, -0.05) is 6.07 Å². The van der Waals surface area contributed by atoms with Crippen LogP contribution in [-0.4, -0.2) is 42.2 Å². The Morgan fingerprint density at radius 1 is 1.33 bits per heavy atom. The van der Waals surface area contributed by atoms with E-state index in [9.17, 15) is 0 Å². The van der Waals surface area contributed by atoms with Crippen molar-refractivity contribution < 1.29 is 4.74 Å². The van der Waals surface area contributed by atoms with E-state index in [1.807, 2.05) is 0 Å². The van der Waals surface area contributed by atoms with Gasteiger partial charge in [0.25, 0.3) is 0 Å². The van der Waals surface area contributed by atoms with E-state index in [-0.39, 0.29) is 5.54 Å². The minimum atomic E-state index is 0.125.